The van der Waals surface area contributed by atoms with E-state index in [2.05, 4.69) is 5.32 Å². The second-order valence-corrected chi connectivity index (χ2v) is 9.15. The number of aliphatic carboxylic acids is 1. The lowest BCUT2D eigenvalue weighted by molar-refractivity contribution is -0.142. The highest BCUT2D eigenvalue weighted by molar-refractivity contribution is 7.91. The van der Waals surface area contributed by atoms with E-state index in [-0.39, 0.29) is 28.7 Å². The van der Waals surface area contributed by atoms with E-state index in [0.717, 1.165) is 12.8 Å². The van der Waals surface area contributed by atoms with Crippen molar-refractivity contribution in [2.45, 2.75) is 44.6 Å². The summed E-state index contributed by atoms with van der Waals surface area (Å²) in [4.78, 5) is 23.4. The molecule has 21 heavy (non-hydrogen) atoms. The summed E-state index contributed by atoms with van der Waals surface area (Å²) in [6, 6.07) is -0.796. The normalized spacial score (nSPS) is 30.6. The summed E-state index contributed by atoms with van der Waals surface area (Å²) in [5.74, 6) is -0.644. The van der Waals surface area contributed by atoms with Gasteiger partial charge in [-0.25, -0.2) is 13.2 Å². The summed E-state index contributed by atoms with van der Waals surface area (Å²) in [5.41, 5.74) is -0.183. The van der Waals surface area contributed by atoms with Crippen molar-refractivity contribution in [1.82, 2.24) is 5.32 Å². The minimum atomic E-state index is -2.93. The van der Waals surface area contributed by atoms with Crippen LogP contribution in [0.25, 0.3) is 0 Å². The Morgan fingerprint density at radius 1 is 1.24 bits per heavy atom. The van der Waals surface area contributed by atoms with E-state index in [1.165, 1.54) is 0 Å². The second kappa shape index (κ2) is 4.97. The maximum atomic E-state index is 12.2. The number of amides is 1. The van der Waals surface area contributed by atoms with Gasteiger partial charge in [-0.2, -0.15) is 0 Å². The van der Waals surface area contributed by atoms with Crippen molar-refractivity contribution in [3.05, 3.63) is 0 Å². The third-order valence-corrected chi connectivity index (χ3v) is 6.86. The van der Waals surface area contributed by atoms with Crippen LogP contribution < -0.4 is 5.32 Å². The summed E-state index contributed by atoms with van der Waals surface area (Å²) in [5, 5.41) is 11.8. The van der Waals surface area contributed by atoms with Gasteiger partial charge in [-0.05, 0) is 37.0 Å². The predicted molar refractivity (Wildman–Crippen MR) is 75.3 cm³/mol. The molecule has 2 atom stereocenters. The Morgan fingerprint density at radius 2 is 1.86 bits per heavy atom. The van der Waals surface area contributed by atoms with Crippen LogP contribution in [0.5, 0.6) is 0 Å². The van der Waals surface area contributed by atoms with Gasteiger partial charge in [0.1, 0.15) is 15.9 Å². The Kier molecular flexibility index (Phi) is 3.50. The van der Waals surface area contributed by atoms with Crippen LogP contribution in [0.3, 0.4) is 0 Å². The summed E-state index contributed by atoms with van der Waals surface area (Å²) in [6.45, 7) is 0. The van der Waals surface area contributed by atoms with E-state index in [1.807, 2.05) is 0 Å². The fraction of sp³-hybridized carbons (Fsp3) is 0.857. The van der Waals surface area contributed by atoms with Crippen molar-refractivity contribution >= 4 is 21.7 Å². The maximum absolute atomic E-state index is 12.2. The van der Waals surface area contributed by atoms with E-state index < -0.39 is 21.8 Å². The molecular weight excluding hydrogens is 294 g/mol. The summed E-state index contributed by atoms with van der Waals surface area (Å²) in [6.07, 6.45) is 4.37. The SMILES string of the molecule is O=C(O)C(CC1CC1)NC(=O)C1CC12CCS(=O)(=O)CC2. The molecular formula is C14H21NO5S. The van der Waals surface area contributed by atoms with E-state index in [0.29, 0.717) is 31.6 Å². The molecule has 2 N–H and O–H groups in total. The van der Waals surface area contributed by atoms with Crippen molar-refractivity contribution in [3.63, 3.8) is 0 Å². The number of rotatable bonds is 5. The van der Waals surface area contributed by atoms with Gasteiger partial charge in [0.25, 0.3) is 0 Å². The van der Waals surface area contributed by atoms with Crippen molar-refractivity contribution in [1.29, 1.82) is 0 Å². The van der Waals surface area contributed by atoms with Crippen molar-refractivity contribution < 1.29 is 23.1 Å². The molecule has 1 amide bonds. The lowest BCUT2D eigenvalue weighted by Gasteiger charge is -2.23. The molecule has 2 saturated carbocycles. The Labute approximate surface area is 124 Å². The van der Waals surface area contributed by atoms with Crippen LogP contribution in [0.15, 0.2) is 0 Å². The molecule has 7 heteroatoms. The molecule has 3 fully saturated rings. The minimum absolute atomic E-state index is 0.154. The van der Waals surface area contributed by atoms with E-state index in [4.69, 9.17) is 0 Å². The lowest BCUT2D eigenvalue weighted by Crippen LogP contribution is -2.43. The number of nitrogens with one attached hydrogen (secondary N) is 1. The molecule has 0 bridgehead atoms. The topological polar surface area (TPSA) is 101 Å². The van der Waals surface area contributed by atoms with Gasteiger partial charge in [-0.15, -0.1) is 0 Å². The van der Waals surface area contributed by atoms with Crippen LogP contribution in [0.2, 0.25) is 0 Å². The quantitative estimate of drug-likeness (QED) is 0.772. The molecule has 0 aromatic carbocycles. The van der Waals surface area contributed by atoms with Gasteiger partial charge in [-0.1, -0.05) is 12.8 Å². The summed E-state index contributed by atoms with van der Waals surface area (Å²) >= 11 is 0. The lowest BCUT2D eigenvalue weighted by atomic mass is 9.96. The average molecular weight is 315 g/mol. The molecule has 0 radical (unpaired) electrons. The van der Waals surface area contributed by atoms with Crippen molar-refractivity contribution in [2.24, 2.45) is 17.3 Å². The number of sulfone groups is 1. The van der Waals surface area contributed by atoms with E-state index >= 15 is 0 Å². The van der Waals surface area contributed by atoms with E-state index in [1.54, 1.807) is 0 Å². The Hall–Kier alpha value is -1.11. The molecule has 3 aliphatic rings. The Morgan fingerprint density at radius 3 is 2.38 bits per heavy atom. The second-order valence-electron chi connectivity index (χ2n) is 6.85. The molecule has 6 nitrogen and oxygen atoms in total. The minimum Gasteiger partial charge on any atom is -0.480 e. The molecule has 2 unspecified atom stereocenters. The first-order chi connectivity index (χ1) is 9.81. The van der Waals surface area contributed by atoms with Gasteiger partial charge in [0, 0.05) is 5.92 Å². The highest BCUT2D eigenvalue weighted by Crippen LogP contribution is 2.59. The molecule has 0 aromatic heterocycles. The number of hydrogen-bond donors (Lipinski definition) is 2. The number of hydrogen-bond acceptors (Lipinski definition) is 4. The molecule has 118 valence electrons. The molecule has 1 saturated heterocycles. The van der Waals surface area contributed by atoms with Crippen LogP contribution >= 0.6 is 0 Å². The van der Waals surface area contributed by atoms with Gasteiger partial charge in [0.15, 0.2) is 0 Å². The zero-order valence-electron chi connectivity index (χ0n) is 11.9. The zero-order chi connectivity index (χ0) is 15.3. The van der Waals surface area contributed by atoms with Crippen molar-refractivity contribution in [2.75, 3.05) is 11.5 Å². The van der Waals surface area contributed by atoms with Gasteiger partial charge in [0.2, 0.25) is 5.91 Å². The summed E-state index contributed by atoms with van der Waals surface area (Å²) in [7, 11) is -2.93. The summed E-state index contributed by atoms with van der Waals surface area (Å²) < 4.78 is 22.9. The standard InChI is InChI=1S/C14H21NO5S/c16-12(15-11(13(17)18)7-9-1-2-9)10-8-14(10)3-5-21(19,20)6-4-14/h9-11H,1-8H2,(H,15,16)(H,17,18). The van der Waals surface area contributed by atoms with Crippen LogP contribution in [-0.2, 0) is 19.4 Å². The van der Waals surface area contributed by atoms with Gasteiger partial charge in [-0.3, -0.25) is 4.79 Å². The van der Waals surface area contributed by atoms with Crippen molar-refractivity contribution in [3.8, 4) is 0 Å². The van der Waals surface area contributed by atoms with Crippen LogP contribution in [0.4, 0.5) is 0 Å². The highest BCUT2D eigenvalue weighted by Gasteiger charge is 2.59. The van der Waals surface area contributed by atoms with E-state index in [9.17, 15) is 23.1 Å². The number of carbonyl (C=O) groups is 2. The number of carboxylic acids is 1. The fourth-order valence-electron chi connectivity index (χ4n) is 3.40. The first-order valence-electron chi connectivity index (χ1n) is 7.55. The first kappa shape index (κ1) is 14.8. The fourth-order valence-corrected chi connectivity index (χ4v) is 5.04. The van der Waals surface area contributed by atoms with Crippen LogP contribution in [0, 0.1) is 17.3 Å². The molecule has 0 aromatic rings. The molecule has 1 aliphatic heterocycles. The average Bonchev–Trinajstić information content (AvgIpc) is 3.29. The monoisotopic (exact) mass is 315 g/mol. The third kappa shape index (κ3) is 3.22. The maximum Gasteiger partial charge on any atom is 0.326 e. The van der Waals surface area contributed by atoms with Gasteiger partial charge in [0.05, 0.1) is 11.5 Å². The van der Waals surface area contributed by atoms with Gasteiger partial charge < -0.3 is 10.4 Å². The molecule has 3 rings (SSSR count). The first-order valence-corrected chi connectivity index (χ1v) is 9.37. The Balaban J connectivity index is 1.55. The van der Waals surface area contributed by atoms with Gasteiger partial charge >= 0.3 is 5.97 Å². The smallest absolute Gasteiger partial charge is 0.326 e. The number of carbonyl (C=O) groups excluding carboxylic acids is 1. The molecule has 1 spiro atoms. The largest absolute Gasteiger partial charge is 0.480 e. The molecule has 1 heterocycles. The van der Waals surface area contributed by atoms with Crippen LogP contribution in [-0.4, -0.2) is 42.9 Å². The van der Waals surface area contributed by atoms with Crippen LogP contribution in [0.1, 0.15) is 38.5 Å². The zero-order valence-corrected chi connectivity index (χ0v) is 12.7. The predicted octanol–water partition coefficient (Wildman–Crippen LogP) is 0.571. The number of carboxylic acid groups (broad SMARTS) is 1. The third-order valence-electron chi connectivity index (χ3n) is 5.21. The highest BCUT2D eigenvalue weighted by atomic mass is 32.2. The Bertz CT molecular complexity index is 552. The molecule has 2 aliphatic carbocycles.